The van der Waals surface area contributed by atoms with Crippen molar-refractivity contribution in [3.05, 3.63) is 52.8 Å². The third-order valence-corrected chi connectivity index (χ3v) is 4.24. The monoisotopic (exact) mass is 393 g/mol. The highest BCUT2D eigenvalue weighted by atomic mass is 17.1. The van der Waals surface area contributed by atoms with Gasteiger partial charge in [0.15, 0.2) is 5.57 Å². The fourth-order valence-corrected chi connectivity index (χ4v) is 2.62. The standard InChI is InChI=1S/C20H27NO7/c1-5-6-10-14(2)18(28-25)21(24)17(15-11-8-7-9-12-15)13-16(19(22)26-3)20(23)27-4/h7-9,11-14,18,25H,5-6,10H2,1-4H3/b21-17-. The van der Waals surface area contributed by atoms with E-state index >= 15 is 0 Å². The van der Waals surface area contributed by atoms with Crippen LogP contribution in [0.2, 0.25) is 0 Å². The molecule has 0 heterocycles. The summed E-state index contributed by atoms with van der Waals surface area (Å²) in [6, 6.07) is 8.41. The summed E-state index contributed by atoms with van der Waals surface area (Å²) in [5.41, 5.74) is -0.0797. The predicted octanol–water partition coefficient (Wildman–Crippen LogP) is 2.90. The molecule has 8 heteroatoms. The highest BCUT2D eigenvalue weighted by Crippen LogP contribution is 2.18. The average molecular weight is 393 g/mol. The predicted molar refractivity (Wildman–Crippen MR) is 102 cm³/mol. The molecule has 0 saturated heterocycles. The minimum atomic E-state index is -1.23. The first-order chi connectivity index (χ1) is 13.4. The van der Waals surface area contributed by atoms with Gasteiger partial charge in [0.1, 0.15) is 0 Å². The lowest BCUT2D eigenvalue weighted by atomic mass is 10.0. The van der Waals surface area contributed by atoms with Gasteiger partial charge in [-0.1, -0.05) is 44.9 Å². The van der Waals surface area contributed by atoms with Crippen molar-refractivity contribution in [2.45, 2.75) is 39.3 Å². The molecule has 1 N–H and O–H groups in total. The SMILES string of the molecule is CCCCC(C)C(OO)/[N+]([O-])=C(\C=C(C(=O)OC)C(=O)OC)c1ccccc1. The van der Waals surface area contributed by atoms with Crippen LogP contribution in [0.1, 0.15) is 38.7 Å². The number of ether oxygens (including phenoxy) is 2. The van der Waals surface area contributed by atoms with E-state index in [-0.39, 0.29) is 11.6 Å². The number of methoxy groups -OCH3 is 2. The third kappa shape index (κ3) is 6.17. The number of hydroxylamine groups is 1. The number of carbonyl (C=O) groups excluding carboxylic acids is 2. The van der Waals surface area contributed by atoms with Crippen molar-refractivity contribution in [1.82, 2.24) is 0 Å². The fraction of sp³-hybridized carbons (Fsp3) is 0.450. The molecule has 0 radical (unpaired) electrons. The van der Waals surface area contributed by atoms with Crippen LogP contribution >= 0.6 is 0 Å². The molecule has 28 heavy (non-hydrogen) atoms. The number of hydrogen-bond acceptors (Lipinski definition) is 7. The van der Waals surface area contributed by atoms with Gasteiger partial charge in [0.2, 0.25) is 5.71 Å². The van der Waals surface area contributed by atoms with E-state index in [0.717, 1.165) is 33.1 Å². The van der Waals surface area contributed by atoms with E-state index in [4.69, 9.17) is 0 Å². The van der Waals surface area contributed by atoms with Gasteiger partial charge < -0.3 is 14.7 Å². The van der Waals surface area contributed by atoms with Crippen molar-refractivity contribution >= 4 is 17.7 Å². The van der Waals surface area contributed by atoms with Crippen molar-refractivity contribution < 1.29 is 33.9 Å². The minimum absolute atomic E-state index is 0.0474. The van der Waals surface area contributed by atoms with Crippen LogP contribution in [0.5, 0.6) is 0 Å². The van der Waals surface area contributed by atoms with Crippen LogP contribution in [0.3, 0.4) is 0 Å². The topological polar surface area (TPSA) is 108 Å². The molecule has 8 nitrogen and oxygen atoms in total. The Morgan fingerprint density at radius 3 is 2.21 bits per heavy atom. The summed E-state index contributed by atoms with van der Waals surface area (Å²) in [7, 11) is 2.23. The van der Waals surface area contributed by atoms with Gasteiger partial charge in [0.05, 0.1) is 14.2 Å². The summed E-state index contributed by atoms with van der Waals surface area (Å²) < 4.78 is 9.68. The zero-order valence-electron chi connectivity index (χ0n) is 16.6. The van der Waals surface area contributed by atoms with E-state index in [1.54, 1.807) is 37.3 Å². The molecule has 1 aromatic carbocycles. The summed E-state index contributed by atoms with van der Waals surface area (Å²) in [6.07, 6.45) is 2.27. The lowest BCUT2D eigenvalue weighted by molar-refractivity contribution is -0.610. The molecule has 0 saturated carbocycles. The van der Waals surface area contributed by atoms with E-state index in [1.165, 1.54) is 0 Å². The first-order valence-electron chi connectivity index (χ1n) is 8.98. The third-order valence-electron chi connectivity index (χ3n) is 4.24. The van der Waals surface area contributed by atoms with Crippen LogP contribution in [-0.2, 0) is 24.0 Å². The number of allylic oxidation sites excluding steroid dienone is 1. The average Bonchev–Trinajstić information content (AvgIpc) is 2.72. The van der Waals surface area contributed by atoms with Gasteiger partial charge in [0, 0.05) is 17.6 Å². The van der Waals surface area contributed by atoms with Crippen molar-refractivity contribution in [1.29, 1.82) is 0 Å². The first-order valence-corrected chi connectivity index (χ1v) is 8.98. The normalized spacial score (nSPS) is 13.8. The highest BCUT2D eigenvalue weighted by molar-refractivity contribution is 6.20. The Morgan fingerprint density at radius 1 is 1.18 bits per heavy atom. The summed E-state index contributed by atoms with van der Waals surface area (Å²) in [6.45, 7) is 3.79. The smallest absolute Gasteiger partial charge is 0.345 e. The maximum Gasteiger partial charge on any atom is 0.345 e. The number of esters is 2. The maximum atomic E-state index is 13.1. The van der Waals surface area contributed by atoms with Crippen LogP contribution in [0, 0.1) is 11.1 Å². The Balaban J connectivity index is 3.58. The summed E-state index contributed by atoms with van der Waals surface area (Å²) >= 11 is 0. The van der Waals surface area contributed by atoms with Gasteiger partial charge in [0.25, 0.3) is 6.23 Å². The second-order valence-electron chi connectivity index (χ2n) is 6.23. The Morgan fingerprint density at radius 2 is 1.75 bits per heavy atom. The molecule has 0 bridgehead atoms. The minimum Gasteiger partial charge on any atom is -0.621 e. The van der Waals surface area contributed by atoms with E-state index < -0.39 is 23.7 Å². The van der Waals surface area contributed by atoms with Crippen LogP contribution < -0.4 is 0 Å². The Hall–Kier alpha value is -2.71. The summed E-state index contributed by atoms with van der Waals surface area (Å²) in [4.78, 5) is 28.5. The lowest BCUT2D eigenvalue weighted by Crippen LogP contribution is -2.35. The quantitative estimate of drug-likeness (QED) is 0.0622. The van der Waals surface area contributed by atoms with E-state index in [2.05, 4.69) is 14.4 Å². The highest BCUT2D eigenvalue weighted by Gasteiger charge is 2.30. The van der Waals surface area contributed by atoms with Crippen LogP contribution in [0.25, 0.3) is 0 Å². The molecule has 154 valence electrons. The zero-order chi connectivity index (χ0) is 21.1. The Bertz CT molecular complexity index is 695. The van der Waals surface area contributed by atoms with Crippen LogP contribution in [0.15, 0.2) is 42.0 Å². The van der Waals surface area contributed by atoms with E-state index in [9.17, 15) is 20.1 Å². The van der Waals surface area contributed by atoms with Crippen LogP contribution in [-0.4, -0.2) is 48.1 Å². The van der Waals surface area contributed by atoms with Crippen molar-refractivity contribution in [3.63, 3.8) is 0 Å². The molecule has 0 aliphatic carbocycles. The van der Waals surface area contributed by atoms with Crippen molar-refractivity contribution in [2.75, 3.05) is 14.2 Å². The molecule has 0 aliphatic heterocycles. The lowest BCUT2D eigenvalue weighted by Gasteiger charge is -2.21. The fourth-order valence-electron chi connectivity index (χ4n) is 2.62. The number of carbonyl (C=O) groups is 2. The molecule has 0 fully saturated rings. The second-order valence-corrected chi connectivity index (χ2v) is 6.23. The Labute approximate surface area is 164 Å². The number of benzene rings is 1. The van der Waals surface area contributed by atoms with E-state index in [1.807, 2.05) is 6.92 Å². The molecule has 1 rings (SSSR count). The molecule has 0 spiro atoms. The number of unbranched alkanes of at least 4 members (excludes halogenated alkanes) is 1. The molecular weight excluding hydrogens is 366 g/mol. The summed E-state index contributed by atoms with van der Waals surface area (Å²) in [5.74, 6) is -2.21. The largest absolute Gasteiger partial charge is 0.621 e. The van der Waals surface area contributed by atoms with Gasteiger partial charge in [-0.25, -0.2) is 14.8 Å². The molecule has 2 unspecified atom stereocenters. The molecule has 1 aromatic rings. The maximum absolute atomic E-state index is 13.1. The molecule has 2 atom stereocenters. The van der Waals surface area contributed by atoms with Gasteiger partial charge in [-0.15, -0.1) is 0 Å². The second kappa shape index (κ2) is 11.9. The number of rotatable bonds is 10. The molecule has 0 aliphatic rings. The van der Waals surface area contributed by atoms with Gasteiger partial charge in [-0.2, -0.15) is 9.63 Å². The number of hydrogen-bond donors (Lipinski definition) is 1. The Kier molecular flexibility index (Phi) is 9.91. The van der Waals surface area contributed by atoms with E-state index in [0.29, 0.717) is 16.7 Å². The van der Waals surface area contributed by atoms with Crippen molar-refractivity contribution in [2.24, 2.45) is 5.92 Å². The molecule has 0 aromatic heterocycles. The van der Waals surface area contributed by atoms with Gasteiger partial charge in [-0.3, -0.25) is 0 Å². The molecule has 0 amide bonds. The number of nitrogens with zero attached hydrogens (tertiary/aromatic N) is 1. The van der Waals surface area contributed by atoms with Crippen LogP contribution in [0.4, 0.5) is 0 Å². The summed E-state index contributed by atoms with van der Waals surface area (Å²) in [5, 5.41) is 22.4. The van der Waals surface area contributed by atoms with Gasteiger partial charge >= 0.3 is 11.9 Å². The van der Waals surface area contributed by atoms with Gasteiger partial charge in [-0.05, 0) is 18.6 Å². The zero-order valence-corrected chi connectivity index (χ0v) is 16.6. The molecular formula is C20H27NO7. The first kappa shape index (κ1) is 23.3. The van der Waals surface area contributed by atoms with Crippen molar-refractivity contribution in [3.8, 4) is 0 Å².